The highest BCUT2D eigenvalue weighted by molar-refractivity contribution is 6.02. The number of nitrogens with one attached hydrogen (secondary N) is 2. The summed E-state index contributed by atoms with van der Waals surface area (Å²) in [6.07, 6.45) is 0.844. The molecule has 1 aliphatic rings. The van der Waals surface area contributed by atoms with Crippen LogP contribution in [0.4, 0.5) is 5.69 Å². The zero-order chi connectivity index (χ0) is 21.3. The van der Waals surface area contributed by atoms with E-state index in [9.17, 15) is 14.4 Å². The zero-order valence-electron chi connectivity index (χ0n) is 16.6. The van der Waals surface area contributed by atoms with Crippen LogP contribution in [0, 0.1) is 0 Å². The van der Waals surface area contributed by atoms with E-state index in [-0.39, 0.29) is 25.7 Å². The number of ether oxygens (including phenoxy) is 3. The molecule has 3 rings (SSSR count). The van der Waals surface area contributed by atoms with Crippen LogP contribution < -0.4 is 30.0 Å². The second-order valence-electron chi connectivity index (χ2n) is 6.42. The Morgan fingerprint density at radius 2 is 1.67 bits per heavy atom. The van der Waals surface area contributed by atoms with Gasteiger partial charge >= 0.3 is 0 Å². The largest absolute Gasteiger partial charge is 0.490 e. The van der Waals surface area contributed by atoms with Crippen LogP contribution in [-0.4, -0.2) is 44.1 Å². The molecule has 1 aliphatic heterocycles. The van der Waals surface area contributed by atoms with Crippen molar-refractivity contribution in [3.8, 4) is 17.2 Å². The molecule has 0 saturated carbocycles. The predicted octanol–water partition coefficient (Wildman–Crippen LogP) is 1.43. The lowest BCUT2D eigenvalue weighted by Gasteiger charge is -2.28. The standard InChI is InChI=1S/C21H23N3O6/c1-2-11-28-17-9-5-6-10-18(17)29-13-20(26)23-22-19(25)12-24-15-7-3-4-8-16(15)30-14-21(24)27/h3-10H,2,11-14H2,1H3,(H,22,25)(H,23,26). The van der Waals surface area contributed by atoms with Gasteiger partial charge in [-0.2, -0.15) is 0 Å². The second kappa shape index (κ2) is 10.1. The summed E-state index contributed by atoms with van der Waals surface area (Å²) in [5.41, 5.74) is 5.05. The summed E-state index contributed by atoms with van der Waals surface area (Å²) in [5.74, 6) is 0.0412. The van der Waals surface area contributed by atoms with E-state index in [1.807, 2.05) is 13.0 Å². The summed E-state index contributed by atoms with van der Waals surface area (Å²) in [7, 11) is 0. The minimum atomic E-state index is -0.555. The molecule has 0 saturated heterocycles. The van der Waals surface area contributed by atoms with Crippen LogP contribution >= 0.6 is 0 Å². The highest BCUT2D eigenvalue weighted by atomic mass is 16.5. The number of hydrogen-bond donors (Lipinski definition) is 2. The maximum Gasteiger partial charge on any atom is 0.276 e. The Balaban J connectivity index is 1.48. The van der Waals surface area contributed by atoms with Crippen molar-refractivity contribution >= 4 is 23.4 Å². The van der Waals surface area contributed by atoms with Gasteiger partial charge in [-0.25, -0.2) is 0 Å². The number of benzene rings is 2. The van der Waals surface area contributed by atoms with Gasteiger partial charge in [0.15, 0.2) is 24.7 Å². The fourth-order valence-electron chi connectivity index (χ4n) is 2.73. The van der Waals surface area contributed by atoms with Gasteiger partial charge in [0, 0.05) is 0 Å². The summed E-state index contributed by atoms with van der Waals surface area (Å²) < 4.78 is 16.4. The van der Waals surface area contributed by atoms with Gasteiger partial charge in [-0.05, 0) is 30.7 Å². The van der Waals surface area contributed by atoms with Crippen LogP contribution in [0.3, 0.4) is 0 Å². The predicted molar refractivity (Wildman–Crippen MR) is 108 cm³/mol. The van der Waals surface area contributed by atoms with Gasteiger partial charge in [0.2, 0.25) is 0 Å². The highest BCUT2D eigenvalue weighted by Crippen LogP contribution is 2.31. The smallest absolute Gasteiger partial charge is 0.276 e. The molecule has 0 spiro atoms. The number of hydrogen-bond acceptors (Lipinski definition) is 6. The molecule has 0 bridgehead atoms. The van der Waals surface area contributed by atoms with E-state index in [1.54, 1.807) is 42.5 Å². The van der Waals surface area contributed by atoms with E-state index in [0.717, 1.165) is 6.42 Å². The summed E-state index contributed by atoms with van der Waals surface area (Å²) >= 11 is 0. The van der Waals surface area contributed by atoms with E-state index < -0.39 is 11.8 Å². The number of carbonyl (C=O) groups is 3. The SMILES string of the molecule is CCCOc1ccccc1OCC(=O)NNC(=O)CN1C(=O)COc2ccccc21. The van der Waals surface area contributed by atoms with Crippen LogP contribution in [0.1, 0.15) is 13.3 Å². The minimum absolute atomic E-state index is 0.149. The number of carbonyl (C=O) groups excluding carboxylic acids is 3. The van der Waals surface area contributed by atoms with Gasteiger partial charge in [0.1, 0.15) is 12.3 Å². The van der Waals surface area contributed by atoms with Crippen molar-refractivity contribution in [1.29, 1.82) is 0 Å². The van der Waals surface area contributed by atoms with E-state index in [4.69, 9.17) is 14.2 Å². The van der Waals surface area contributed by atoms with E-state index in [0.29, 0.717) is 29.5 Å². The Morgan fingerprint density at radius 1 is 1.00 bits per heavy atom. The summed E-state index contributed by atoms with van der Waals surface area (Å²) in [4.78, 5) is 37.6. The molecular formula is C21H23N3O6. The average molecular weight is 413 g/mol. The third kappa shape index (κ3) is 5.40. The molecule has 0 aromatic heterocycles. The maximum atomic E-state index is 12.2. The van der Waals surface area contributed by atoms with Crippen molar-refractivity contribution in [1.82, 2.24) is 10.9 Å². The average Bonchev–Trinajstić information content (AvgIpc) is 2.77. The molecule has 2 aromatic carbocycles. The molecule has 30 heavy (non-hydrogen) atoms. The number of rotatable bonds is 8. The van der Waals surface area contributed by atoms with Gasteiger partial charge in [0.05, 0.1) is 12.3 Å². The molecule has 0 unspecified atom stereocenters. The number of fused-ring (bicyclic) bond motifs is 1. The fourth-order valence-corrected chi connectivity index (χ4v) is 2.73. The number of nitrogens with zero attached hydrogens (tertiary/aromatic N) is 1. The molecular weight excluding hydrogens is 390 g/mol. The summed E-state index contributed by atoms with van der Waals surface area (Å²) in [6.45, 7) is 1.80. The van der Waals surface area contributed by atoms with E-state index in [2.05, 4.69) is 10.9 Å². The van der Waals surface area contributed by atoms with Crippen molar-refractivity contribution in [3.63, 3.8) is 0 Å². The maximum absolute atomic E-state index is 12.2. The van der Waals surface area contributed by atoms with Crippen LogP contribution in [0.25, 0.3) is 0 Å². The molecule has 3 amide bonds. The topological polar surface area (TPSA) is 106 Å². The molecule has 2 aromatic rings. The Hall–Kier alpha value is -3.75. The molecule has 0 radical (unpaired) electrons. The van der Waals surface area contributed by atoms with Crippen molar-refractivity contribution in [2.75, 3.05) is 31.3 Å². The molecule has 0 fully saturated rings. The lowest BCUT2D eigenvalue weighted by atomic mass is 10.2. The quantitative estimate of drug-likeness (QED) is 0.634. The Morgan fingerprint density at radius 3 is 2.43 bits per heavy atom. The van der Waals surface area contributed by atoms with Crippen molar-refractivity contribution in [2.45, 2.75) is 13.3 Å². The first-order valence-electron chi connectivity index (χ1n) is 9.53. The van der Waals surface area contributed by atoms with Gasteiger partial charge in [-0.1, -0.05) is 31.2 Å². The fraction of sp³-hybridized carbons (Fsp3) is 0.286. The first kappa shape index (κ1) is 21.0. The number of amides is 3. The van der Waals surface area contributed by atoms with Crippen LogP contribution in [0.5, 0.6) is 17.2 Å². The van der Waals surface area contributed by atoms with E-state index >= 15 is 0 Å². The van der Waals surface area contributed by atoms with Crippen LogP contribution in [-0.2, 0) is 14.4 Å². The monoisotopic (exact) mass is 413 g/mol. The molecule has 0 atom stereocenters. The molecule has 0 aliphatic carbocycles. The lowest BCUT2D eigenvalue weighted by Crippen LogP contribution is -2.50. The summed E-state index contributed by atoms with van der Waals surface area (Å²) in [5, 5.41) is 0. The van der Waals surface area contributed by atoms with Crippen molar-refractivity contribution in [2.24, 2.45) is 0 Å². The third-order valence-corrected chi connectivity index (χ3v) is 4.12. The Kier molecular flexibility index (Phi) is 7.09. The molecule has 1 heterocycles. The highest BCUT2D eigenvalue weighted by Gasteiger charge is 2.27. The van der Waals surface area contributed by atoms with Gasteiger partial charge in [0.25, 0.3) is 17.7 Å². The number of anilines is 1. The molecule has 2 N–H and O–H groups in total. The van der Waals surface area contributed by atoms with Gasteiger partial charge < -0.3 is 14.2 Å². The van der Waals surface area contributed by atoms with E-state index in [1.165, 1.54) is 4.90 Å². The Labute approximate surface area is 173 Å². The molecule has 9 nitrogen and oxygen atoms in total. The van der Waals surface area contributed by atoms with Crippen molar-refractivity contribution < 1.29 is 28.6 Å². The number of para-hydroxylation sites is 4. The van der Waals surface area contributed by atoms with Gasteiger partial charge in [-0.15, -0.1) is 0 Å². The van der Waals surface area contributed by atoms with Crippen molar-refractivity contribution in [3.05, 3.63) is 48.5 Å². The number of hydrazine groups is 1. The van der Waals surface area contributed by atoms with Crippen LogP contribution in [0.15, 0.2) is 48.5 Å². The first-order chi connectivity index (χ1) is 14.6. The van der Waals surface area contributed by atoms with Gasteiger partial charge in [-0.3, -0.25) is 30.1 Å². The zero-order valence-corrected chi connectivity index (χ0v) is 16.6. The second-order valence-corrected chi connectivity index (χ2v) is 6.42. The summed E-state index contributed by atoms with van der Waals surface area (Å²) in [6, 6.07) is 13.9. The first-order valence-corrected chi connectivity index (χ1v) is 9.53. The lowest BCUT2D eigenvalue weighted by molar-refractivity contribution is -0.130. The molecule has 9 heteroatoms. The minimum Gasteiger partial charge on any atom is -0.490 e. The Bertz CT molecular complexity index is 917. The third-order valence-electron chi connectivity index (χ3n) is 4.12. The van der Waals surface area contributed by atoms with Crippen LogP contribution in [0.2, 0.25) is 0 Å². The normalized spacial score (nSPS) is 12.4. The molecule has 158 valence electrons.